The Morgan fingerprint density at radius 1 is 1.12 bits per heavy atom. The van der Waals surface area contributed by atoms with Crippen LogP contribution < -0.4 is 5.73 Å². The molecule has 0 saturated carbocycles. The van der Waals surface area contributed by atoms with Gasteiger partial charge in [-0.15, -0.1) is 0 Å². The summed E-state index contributed by atoms with van der Waals surface area (Å²) in [6.07, 6.45) is 1.59. The summed E-state index contributed by atoms with van der Waals surface area (Å²) in [4.78, 5) is 14.9. The Morgan fingerprint density at radius 2 is 1.81 bits per heavy atom. The van der Waals surface area contributed by atoms with E-state index in [4.69, 9.17) is 5.73 Å². The first-order chi connectivity index (χ1) is 7.66. The minimum absolute atomic E-state index is 0.290. The maximum Gasteiger partial charge on any atom is 0.267 e. The van der Waals surface area contributed by atoms with E-state index in [2.05, 4.69) is 4.98 Å². The van der Waals surface area contributed by atoms with E-state index in [0.29, 0.717) is 0 Å². The number of carbonyl (C=O) groups is 1. The number of carbonyl (C=O) groups excluding carboxylic acids is 1. The lowest BCUT2D eigenvalue weighted by Gasteiger charge is -2.03. The number of nitrogens with two attached hydrogens (primary N) is 1. The van der Waals surface area contributed by atoms with Crippen LogP contribution in [0.25, 0.3) is 11.1 Å². The summed E-state index contributed by atoms with van der Waals surface area (Å²) in [5.41, 5.74) is 8.67. The fourth-order valence-electron chi connectivity index (χ4n) is 1.49. The van der Waals surface area contributed by atoms with Crippen molar-refractivity contribution in [3.63, 3.8) is 0 Å². The van der Waals surface area contributed by atoms with Crippen molar-refractivity contribution in [3.05, 3.63) is 53.9 Å². The zero-order valence-electron chi connectivity index (χ0n) is 8.97. The van der Waals surface area contributed by atoms with Crippen LogP contribution in [0.2, 0.25) is 0 Å². The number of pyridine rings is 1. The molecule has 16 heavy (non-hydrogen) atoms. The van der Waals surface area contributed by atoms with Gasteiger partial charge in [0.2, 0.25) is 0 Å². The predicted octanol–water partition coefficient (Wildman–Crippen LogP) is 2.16. The molecule has 0 atom stereocenters. The predicted molar refractivity (Wildman–Crippen MR) is 62.9 cm³/mol. The molecule has 1 aromatic heterocycles. The van der Waals surface area contributed by atoms with Crippen molar-refractivity contribution >= 4 is 5.91 Å². The number of aryl methyl sites for hydroxylation is 1. The summed E-state index contributed by atoms with van der Waals surface area (Å²) >= 11 is 0. The van der Waals surface area contributed by atoms with Gasteiger partial charge in [0.1, 0.15) is 5.69 Å². The van der Waals surface area contributed by atoms with E-state index in [9.17, 15) is 4.79 Å². The number of aromatic nitrogens is 1. The average molecular weight is 212 g/mol. The molecule has 0 aliphatic heterocycles. The molecule has 80 valence electrons. The molecule has 2 N–H and O–H groups in total. The van der Waals surface area contributed by atoms with Gasteiger partial charge in [-0.25, -0.2) is 0 Å². The molecule has 1 aromatic carbocycles. The summed E-state index contributed by atoms with van der Waals surface area (Å²) in [5.74, 6) is -0.506. The van der Waals surface area contributed by atoms with E-state index in [0.717, 1.165) is 11.1 Å². The fourth-order valence-corrected chi connectivity index (χ4v) is 1.49. The first-order valence-electron chi connectivity index (χ1n) is 5.00. The minimum Gasteiger partial charge on any atom is -0.364 e. The molecule has 0 unspecified atom stereocenters. The van der Waals surface area contributed by atoms with Crippen molar-refractivity contribution in [2.45, 2.75) is 6.92 Å². The highest BCUT2D eigenvalue weighted by Crippen LogP contribution is 2.19. The van der Waals surface area contributed by atoms with Crippen LogP contribution in [0.4, 0.5) is 0 Å². The molecule has 0 aliphatic rings. The first kappa shape index (κ1) is 10.4. The number of hydrogen-bond acceptors (Lipinski definition) is 2. The van der Waals surface area contributed by atoms with Gasteiger partial charge in [0, 0.05) is 6.20 Å². The largest absolute Gasteiger partial charge is 0.364 e. The molecule has 3 nitrogen and oxygen atoms in total. The van der Waals surface area contributed by atoms with Gasteiger partial charge < -0.3 is 5.73 Å². The van der Waals surface area contributed by atoms with Crippen LogP contribution in [0, 0.1) is 6.92 Å². The van der Waals surface area contributed by atoms with Crippen LogP contribution in [-0.2, 0) is 0 Å². The van der Waals surface area contributed by atoms with Gasteiger partial charge in [-0.2, -0.15) is 0 Å². The Labute approximate surface area is 93.9 Å². The lowest BCUT2D eigenvalue weighted by atomic mass is 10.0. The number of benzene rings is 1. The van der Waals surface area contributed by atoms with Crippen molar-refractivity contribution in [3.8, 4) is 11.1 Å². The Kier molecular flexibility index (Phi) is 2.68. The molecule has 0 fully saturated rings. The second-order valence-corrected chi connectivity index (χ2v) is 3.66. The van der Waals surface area contributed by atoms with Crippen LogP contribution in [0.15, 0.2) is 42.6 Å². The highest BCUT2D eigenvalue weighted by Gasteiger charge is 2.04. The van der Waals surface area contributed by atoms with E-state index in [1.54, 1.807) is 12.3 Å². The summed E-state index contributed by atoms with van der Waals surface area (Å²) in [5, 5.41) is 0. The second kappa shape index (κ2) is 4.14. The smallest absolute Gasteiger partial charge is 0.267 e. The van der Waals surface area contributed by atoms with Crippen LogP contribution in [0.5, 0.6) is 0 Å². The molecule has 0 spiro atoms. The summed E-state index contributed by atoms with van der Waals surface area (Å²) in [6, 6.07) is 11.6. The highest BCUT2D eigenvalue weighted by molar-refractivity contribution is 5.92. The molecule has 1 amide bonds. The van der Waals surface area contributed by atoms with Gasteiger partial charge >= 0.3 is 0 Å². The molecule has 3 heteroatoms. The molecule has 0 aliphatic carbocycles. The Balaban J connectivity index is 2.44. The molecule has 0 saturated heterocycles. The number of rotatable bonds is 2. The molecule has 0 bridgehead atoms. The van der Waals surface area contributed by atoms with Crippen LogP contribution >= 0.6 is 0 Å². The summed E-state index contributed by atoms with van der Waals surface area (Å²) in [7, 11) is 0. The zero-order valence-corrected chi connectivity index (χ0v) is 8.97. The zero-order chi connectivity index (χ0) is 11.5. The van der Waals surface area contributed by atoms with Crippen LogP contribution in [-0.4, -0.2) is 10.9 Å². The second-order valence-electron chi connectivity index (χ2n) is 3.66. The Morgan fingerprint density at radius 3 is 2.44 bits per heavy atom. The maximum absolute atomic E-state index is 11.0. The third-order valence-electron chi connectivity index (χ3n) is 2.40. The monoisotopic (exact) mass is 212 g/mol. The molecule has 1 heterocycles. The van der Waals surface area contributed by atoms with Crippen LogP contribution in [0.1, 0.15) is 16.1 Å². The maximum atomic E-state index is 11.0. The van der Waals surface area contributed by atoms with Gasteiger partial charge in [0.15, 0.2) is 0 Å². The number of hydrogen-bond donors (Lipinski definition) is 1. The SMILES string of the molecule is Cc1ccc(-c2ccnc(C(N)=O)c2)cc1. The van der Waals surface area contributed by atoms with Gasteiger partial charge in [-0.05, 0) is 30.2 Å². The third kappa shape index (κ3) is 2.08. The Bertz CT molecular complexity index is 518. The van der Waals surface area contributed by atoms with Crippen molar-refractivity contribution in [1.82, 2.24) is 4.98 Å². The molecular weight excluding hydrogens is 200 g/mol. The number of primary amides is 1. The van der Waals surface area contributed by atoms with Gasteiger partial charge in [-0.3, -0.25) is 9.78 Å². The van der Waals surface area contributed by atoms with E-state index in [1.165, 1.54) is 5.56 Å². The third-order valence-corrected chi connectivity index (χ3v) is 2.40. The van der Waals surface area contributed by atoms with E-state index >= 15 is 0 Å². The van der Waals surface area contributed by atoms with Gasteiger partial charge in [0.05, 0.1) is 0 Å². The van der Waals surface area contributed by atoms with Crippen molar-refractivity contribution in [2.75, 3.05) is 0 Å². The van der Waals surface area contributed by atoms with E-state index < -0.39 is 5.91 Å². The van der Waals surface area contributed by atoms with Crippen molar-refractivity contribution in [1.29, 1.82) is 0 Å². The number of nitrogens with zero attached hydrogens (tertiary/aromatic N) is 1. The molecule has 2 rings (SSSR count). The molecule has 2 aromatic rings. The first-order valence-corrected chi connectivity index (χ1v) is 5.00. The highest BCUT2D eigenvalue weighted by atomic mass is 16.1. The average Bonchev–Trinajstić information content (AvgIpc) is 2.30. The Hall–Kier alpha value is -2.16. The van der Waals surface area contributed by atoms with E-state index in [1.807, 2.05) is 37.3 Å². The fraction of sp³-hybridized carbons (Fsp3) is 0.0769. The topological polar surface area (TPSA) is 56.0 Å². The molecular formula is C13H12N2O. The lowest BCUT2D eigenvalue weighted by molar-refractivity contribution is 0.0995. The summed E-state index contributed by atoms with van der Waals surface area (Å²) < 4.78 is 0. The summed E-state index contributed by atoms with van der Waals surface area (Å²) in [6.45, 7) is 2.03. The minimum atomic E-state index is -0.506. The van der Waals surface area contributed by atoms with Crippen molar-refractivity contribution < 1.29 is 4.79 Å². The van der Waals surface area contributed by atoms with Gasteiger partial charge in [0.25, 0.3) is 5.91 Å². The van der Waals surface area contributed by atoms with E-state index in [-0.39, 0.29) is 5.69 Å². The van der Waals surface area contributed by atoms with Crippen molar-refractivity contribution in [2.24, 2.45) is 5.73 Å². The quantitative estimate of drug-likeness (QED) is 0.829. The van der Waals surface area contributed by atoms with Gasteiger partial charge in [-0.1, -0.05) is 29.8 Å². The normalized spacial score (nSPS) is 10.1. The van der Waals surface area contributed by atoms with Crippen LogP contribution in [0.3, 0.4) is 0 Å². The standard InChI is InChI=1S/C13H12N2O/c1-9-2-4-10(5-3-9)11-6-7-15-12(8-11)13(14)16/h2-8H,1H3,(H2,14,16). The number of amides is 1. The molecule has 0 radical (unpaired) electrons. The lowest BCUT2D eigenvalue weighted by Crippen LogP contribution is -2.12.